The van der Waals surface area contributed by atoms with Gasteiger partial charge in [-0.3, -0.25) is 9.69 Å². The van der Waals surface area contributed by atoms with E-state index in [1.807, 2.05) is 6.07 Å². The van der Waals surface area contributed by atoms with E-state index in [2.05, 4.69) is 10.2 Å². The summed E-state index contributed by atoms with van der Waals surface area (Å²) in [6, 6.07) is 2.01. The van der Waals surface area contributed by atoms with Gasteiger partial charge in [0.15, 0.2) is 0 Å². The molecule has 122 valence electrons. The number of carbonyl (C=O) groups is 1. The molecule has 2 heterocycles. The van der Waals surface area contributed by atoms with Crippen LogP contribution >= 0.6 is 11.3 Å². The van der Waals surface area contributed by atoms with Crippen LogP contribution in [-0.2, 0) is 17.6 Å². The average Bonchev–Trinajstić information content (AvgIpc) is 3.06. The number of β-amino-alcohol motifs (C(OH)–C–C–N with tert-alkyl or cyclic N) is 1. The Morgan fingerprint density at radius 1 is 1.45 bits per heavy atom. The van der Waals surface area contributed by atoms with Gasteiger partial charge in [-0.1, -0.05) is 0 Å². The van der Waals surface area contributed by atoms with Crippen molar-refractivity contribution < 1.29 is 14.6 Å². The van der Waals surface area contributed by atoms with E-state index in [1.54, 1.807) is 18.3 Å². The first-order chi connectivity index (χ1) is 10.5. The van der Waals surface area contributed by atoms with Crippen molar-refractivity contribution in [2.45, 2.75) is 31.8 Å². The summed E-state index contributed by atoms with van der Waals surface area (Å²) >= 11 is 1.60. The highest BCUT2D eigenvalue weighted by molar-refractivity contribution is 7.14. The predicted molar refractivity (Wildman–Crippen MR) is 86.6 cm³/mol. The molecule has 1 aromatic rings. The van der Waals surface area contributed by atoms with Crippen molar-refractivity contribution in [3.05, 3.63) is 21.4 Å². The van der Waals surface area contributed by atoms with E-state index in [-0.39, 0.29) is 12.5 Å². The number of thiophene rings is 1. The van der Waals surface area contributed by atoms with Crippen molar-refractivity contribution >= 4 is 17.2 Å². The summed E-state index contributed by atoms with van der Waals surface area (Å²) in [5.74, 6) is -0.0679. The summed E-state index contributed by atoms with van der Waals surface area (Å²) in [6.07, 6.45) is 3.40. The number of hydrogen-bond donors (Lipinski definition) is 2. The Labute approximate surface area is 135 Å². The Kier molecular flexibility index (Phi) is 4.82. The van der Waals surface area contributed by atoms with Gasteiger partial charge in [0.25, 0.3) is 5.91 Å². The van der Waals surface area contributed by atoms with Gasteiger partial charge < -0.3 is 15.2 Å². The molecule has 1 atom stereocenters. The summed E-state index contributed by atoms with van der Waals surface area (Å²) in [4.78, 5) is 16.5. The number of nitrogens with zero attached hydrogens (tertiary/aromatic N) is 1. The van der Waals surface area contributed by atoms with Gasteiger partial charge in [-0.05, 0) is 37.8 Å². The number of hydrogen-bond acceptors (Lipinski definition) is 5. The third kappa shape index (κ3) is 3.87. The minimum Gasteiger partial charge on any atom is -0.387 e. The average molecular weight is 324 g/mol. The van der Waals surface area contributed by atoms with Gasteiger partial charge in [0.1, 0.15) is 0 Å². The van der Waals surface area contributed by atoms with E-state index in [4.69, 9.17) is 4.74 Å². The van der Waals surface area contributed by atoms with Crippen LogP contribution in [0.3, 0.4) is 0 Å². The second kappa shape index (κ2) is 6.66. The summed E-state index contributed by atoms with van der Waals surface area (Å²) in [6.45, 7) is 5.69. The lowest BCUT2D eigenvalue weighted by molar-refractivity contribution is -0.0213. The number of fused-ring (bicyclic) bond motifs is 1. The second-order valence-electron chi connectivity index (χ2n) is 6.48. The van der Waals surface area contributed by atoms with Crippen molar-refractivity contribution in [1.29, 1.82) is 0 Å². The minimum absolute atomic E-state index is 0.0679. The first-order valence-electron chi connectivity index (χ1n) is 7.96. The first-order valence-corrected chi connectivity index (χ1v) is 8.77. The van der Waals surface area contributed by atoms with E-state index in [9.17, 15) is 9.90 Å². The Hall–Kier alpha value is -0.950. The SMILES string of the molecule is CC(O)(CNC(=O)c1cc2c(s1)CCC2)CN1CCOCC1. The Morgan fingerprint density at radius 2 is 2.23 bits per heavy atom. The third-order valence-electron chi connectivity index (χ3n) is 4.27. The normalized spacial score (nSPS) is 21.4. The molecule has 2 aliphatic rings. The highest BCUT2D eigenvalue weighted by atomic mass is 32.1. The molecule has 1 fully saturated rings. The number of carbonyl (C=O) groups excluding carboxylic acids is 1. The van der Waals surface area contributed by atoms with Gasteiger partial charge in [0.05, 0.1) is 23.7 Å². The van der Waals surface area contributed by atoms with Crippen LogP contribution in [0.25, 0.3) is 0 Å². The third-order valence-corrected chi connectivity index (χ3v) is 5.50. The fourth-order valence-corrected chi connectivity index (χ4v) is 4.27. The van der Waals surface area contributed by atoms with Crippen molar-refractivity contribution in [1.82, 2.24) is 10.2 Å². The number of amides is 1. The van der Waals surface area contributed by atoms with Crippen LogP contribution in [0.2, 0.25) is 0 Å². The molecule has 1 amide bonds. The molecular formula is C16H24N2O3S. The molecule has 6 heteroatoms. The number of aliphatic hydroxyl groups is 1. The van der Waals surface area contributed by atoms with Crippen molar-refractivity contribution in [2.24, 2.45) is 0 Å². The van der Waals surface area contributed by atoms with Crippen molar-refractivity contribution in [3.8, 4) is 0 Å². The smallest absolute Gasteiger partial charge is 0.261 e. The molecule has 1 unspecified atom stereocenters. The van der Waals surface area contributed by atoms with Crippen molar-refractivity contribution in [3.63, 3.8) is 0 Å². The van der Waals surface area contributed by atoms with Gasteiger partial charge >= 0.3 is 0 Å². The van der Waals surface area contributed by atoms with Gasteiger partial charge in [-0.2, -0.15) is 0 Å². The monoisotopic (exact) mass is 324 g/mol. The quantitative estimate of drug-likeness (QED) is 0.850. The summed E-state index contributed by atoms with van der Waals surface area (Å²) in [5, 5.41) is 13.4. The van der Waals surface area contributed by atoms with Crippen LogP contribution in [-0.4, -0.2) is 60.9 Å². The maximum atomic E-state index is 12.2. The molecule has 0 radical (unpaired) electrons. The van der Waals surface area contributed by atoms with Gasteiger partial charge in [-0.25, -0.2) is 0 Å². The molecule has 0 aromatic carbocycles. The maximum Gasteiger partial charge on any atom is 0.261 e. The van der Waals surface area contributed by atoms with Crippen LogP contribution in [0.5, 0.6) is 0 Å². The highest BCUT2D eigenvalue weighted by Crippen LogP contribution is 2.30. The van der Waals surface area contributed by atoms with E-state index in [0.717, 1.165) is 30.8 Å². The Balaban J connectivity index is 1.50. The highest BCUT2D eigenvalue weighted by Gasteiger charge is 2.26. The van der Waals surface area contributed by atoms with Crippen LogP contribution in [0.15, 0.2) is 6.07 Å². The molecule has 5 nitrogen and oxygen atoms in total. The topological polar surface area (TPSA) is 61.8 Å². The standard InChI is InChI=1S/C16H24N2O3S/c1-16(20,11-18-5-7-21-8-6-18)10-17-15(19)14-9-12-3-2-4-13(12)22-14/h9,20H,2-8,10-11H2,1H3,(H,17,19). The Morgan fingerprint density at radius 3 is 2.95 bits per heavy atom. The molecule has 2 N–H and O–H groups in total. The van der Waals surface area contributed by atoms with Crippen LogP contribution in [0.1, 0.15) is 33.5 Å². The minimum atomic E-state index is -0.924. The van der Waals surface area contributed by atoms with E-state index >= 15 is 0 Å². The molecular weight excluding hydrogens is 300 g/mol. The zero-order chi connectivity index (χ0) is 15.6. The fourth-order valence-electron chi connectivity index (χ4n) is 3.10. The lowest BCUT2D eigenvalue weighted by Gasteiger charge is -2.33. The maximum absolute atomic E-state index is 12.2. The van der Waals surface area contributed by atoms with E-state index in [0.29, 0.717) is 19.8 Å². The van der Waals surface area contributed by atoms with E-state index < -0.39 is 5.60 Å². The van der Waals surface area contributed by atoms with Gasteiger partial charge in [0, 0.05) is 31.1 Å². The van der Waals surface area contributed by atoms with Gasteiger partial charge in [0.2, 0.25) is 0 Å². The number of morpholine rings is 1. The molecule has 1 aliphatic carbocycles. The summed E-state index contributed by atoms with van der Waals surface area (Å²) < 4.78 is 5.31. The number of aryl methyl sites for hydroxylation is 2. The molecule has 0 spiro atoms. The fraction of sp³-hybridized carbons (Fsp3) is 0.688. The van der Waals surface area contributed by atoms with Crippen LogP contribution in [0.4, 0.5) is 0 Å². The largest absolute Gasteiger partial charge is 0.387 e. The zero-order valence-corrected chi connectivity index (χ0v) is 13.9. The second-order valence-corrected chi connectivity index (χ2v) is 7.62. The molecule has 0 bridgehead atoms. The number of ether oxygens (including phenoxy) is 1. The molecule has 3 rings (SSSR count). The number of nitrogens with one attached hydrogen (secondary N) is 1. The summed E-state index contributed by atoms with van der Waals surface area (Å²) in [5.41, 5.74) is 0.405. The molecule has 1 aliphatic heterocycles. The number of rotatable bonds is 5. The van der Waals surface area contributed by atoms with E-state index in [1.165, 1.54) is 16.9 Å². The van der Waals surface area contributed by atoms with Crippen LogP contribution in [0, 0.1) is 0 Å². The predicted octanol–water partition coefficient (Wildman–Crippen LogP) is 1.05. The van der Waals surface area contributed by atoms with Crippen LogP contribution < -0.4 is 5.32 Å². The molecule has 1 saturated heterocycles. The Bertz CT molecular complexity index is 514. The lowest BCUT2D eigenvalue weighted by atomic mass is 10.1. The van der Waals surface area contributed by atoms with Crippen molar-refractivity contribution in [2.75, 3.05) is 39.4 Å². The zero-order valence-electron chi connectivity index (χ0n) is 13.1. The van der Waals surface area contributed by atoms with Gasteiger partial charge in [-0.15, -0.1) is 11.3 Å². The molecule has 22 heavy (non-hydrogen) atoms. The molecule has 1 aromatic heterocycles. The molecule has 0 saturated carbocycles. The first kappa shape index (κ1) is 15.9. The summed E-state index contributed by atoms with van der Waals surface area (Å²) in [7, 11) is 0. The lowest BCUT2D eigenvalue weighted by Crippen LogP contribution is -2.51.